The van der Waals surface area contributed by atoms with E-state index in [4.69, 9.17) is 37.0 Å². The van der Waals surface area contributed by atoms with Crippen LogP contribution >= 0.6 is 15.6 Å². The molecule has 0 aromatic heterocycles. The predicted octanol–water partition coefficient (Wildman–Crippen LogP) is 23.8. The molecular weight excluding hydrogens is 1310 g/mol. The molecule has 0 radical (unpaired) electrons. The summed E-state index contributed by atoms with van der Waals surface area (Å²) in [6.45, 7) is 9.59. The highest BCUT2D eigenvalue weighted by Crippen LogP contribution is 2.45. The van der Waals surface area contributed by atoms with E-state index in [-0.39, 0.29) is 25.7 Å². The molecule has 100 heavy (non-hydrogen) atoms. The minimum absolute atomic E-state index is 0.101. The number of esters is 4. The molecule has 0 saturated heterocycles. The molecule has 5 atom stereocenters. The molecule has 0 aliphatic heterocycles. The molecule has 0 bridgehead atoms. The van der Waals surface area contributed by atoms with Crippen molar-refractivity contribution < 1.29 is 80.2 Å². The molecule has 0 fully saturated rings. The van der Waals surface area contributed by atoms with Gasteiger partial charge in [0.25, 0.3) is 0 Å². The van der Waals surface area contributed by atoms with Crippen molar-refractivity contribution in [2.45, 2.75) is 419 Å². The smallest absolute Gasteiger partial charge is 0.462 e. The lowest BCUT2D eigenvalue weighted by molar-refractivity contribution is -0.161. The molecule has 17 nitrogen and oxygen atoms in total. The Morgan fingerprint density at radius 3 is 0.820 bits per heavy atom. The highest BCUT2D eigenvalue weighted by molar-refractivity contribution is 7.47. The van der Waals surface area contributed by atoms with Gasteiger partial charge in [-0.25, -0.2) is 9.13 Å². The van der Waals surface area contributed by atoms with E-state index < -0.39 is 97.5 Å². The third-order valence-electron chi connectivity index (χ3n) is 18.3. The number of ether oxygens (including phenoxy) is 4. The normalized spacial score (nSPS) is 14.1. The first-order valence-corrected chi connectivity index (χ1v) is 44.3. The van der Waals surface area contributed by atoms with Crippen LogP contribution in [0.5, 0.6) is 0 Å². The lowest BCUT2D eigenvalue weighted by Crippen LogP contribution is -2.30. The van der Waals surface area contributed by atoms with Crippen molar-refractivity contribution in [3.05, 3.63) is 24.3 Å². The van der Waals surface area contributed by atoms with Gasteiger partial charge in [-0.1, -0.05) is 348 Å². The molecule has 0 aromatic carbocycles. The van der Waals surface area contributed by atoms with Crippen molar-refractivity contribution in [1.82, 2.24) is 0 Å². The number of rotatable bonds is 78. The second-order valence-electron chi connectivity index (χ2n) is 29.4. The van der Waals surface area contributed by atoms with Crippen LogP contribution in [-0.2, 0) is 65.4 Å². The summed E-state index contributed by atoms with van der Waals surface area (Å²) in [7, 11) is -9.93. The van der Waals surface area contributed by atoms with E-state index in [1.807, 2.05) is 0 Å². The average Bonchev–Trinajstić information content (AvgIpc) is 0.928. The van der Waals surface area contributed by atoms with Gasteiger partial charge in [0.2, 0.25) is 0 Å². The second kappa shape index (κ2) is 72.1. The molecule has 0 amide bonds. The van der Waals surface area contributed by atoms with Gasteiger partial charge in [0.05, 0.1) is 26.4 Å². The highest BCUT2D eigenvalue weighted by Gasteiger charge is 2.30. The van der Waals surface area contributed by atoms with Crippen LogP contribution in [0.15, 0.2) is 24.3 Å². The summed E-state index contributed by atoms with van der Waals surface area (Å²) < 4.78 is 68.6. The summed E-state index contributed by atoms with van der Waals surface area (Å²) in [5.41, 5.74) is 0. The first-order valence-electron chi connectivity index (χ1n) is 41.3. The minimum Gasteiger partial charge on any atom is -0.462 e. The van der Waals surface area contributed by atoms with Crippen LogP contribution in [0, 0.1) is 11.8 Å². The van der Waals surface area contributed by atoms with E-state index in [9.17, 15) is 43.2 Å². The van der Waals surface area contributed by atoms with Gasteiger partial charge in [0, 0.05) is 25.7 Å². The lowest BCUT2D eigenvalue weighted by atomic mass is 10.0. The van der Waals surface area contributed by atoms with E-state index in [1.54, 1.807) is 0 Å². The summed E-state index contributed by atoms with van der Waals surface area (Å²) in [5.74, 6) is -0.557. The van der Waals surface area contributed by atoms with Crippen molar-refractivity contribution in [3.63, 3.8) is 0 Å². The van der Waals surface area contributed by atoms with E-state index in [1.165, 1.54) is 199 Å². The molecule has 0 rings (SSSR count). The number of phosphoric ester groups is 2. The van der Waals surface area contributed by atoms with Gasteiger partial charge in [-0.3, -0.25) is 37.3 Å². The van der Waals surface area contributed by atoms with Crippen molar-refractivity contribution in [2.24, 2.45) is 11.8 Å². The van der Waals surface area contributed by atoms with Crippen LogP contribution in [0.25, 0.3) is 0 Å². The van der Waals surface area contributed by atoms with Gasteiger partial charge in [-0.15, -0.1) is 0 Å². The lowest BCUT2D eigenvalue weighted by Gasteiger charge is -2.21. The van der Waals surface area contributed by atoms with E-state index >= 15 is 0 Å². The van der Waals surface area contributed by atoms with Crippen LogP contribution in [0.2, 0.25) is 0 Å². The zero-order chi connectivity index (χ0) is 73.5. The highest BCUT2D eigenvalue weighted by atomic mass is 31.2. The molecule has 0 aliphatic carbocycles. The summed E-state index contributed by atoms with van der Waals surface area (Å²) in [5, 5.41) is 10.6. The van der Waals surface area contributed by atoms with Crippen molar-refractivity contribution in [2.75, 3.05) is 39.6 Å². The SMILES string of the molecule is CCCCCC/C=C\C=C/CCCCCCCC(=O)OC[C@H](COP(=O)(O)OC[C@@H](O)COP(=O)(O)OC[C@@H](COC(=O)CCCCCCCCCCCC)OC(=O)CCCCCCCCCCCCCC(C)C)OC(=O)CCCCCCCCCCCCCCCCCCCCC(C)C. The number of allylic oxidation sites excluding steroid dienone is 4. The topological polar surface area (TPSA) is 237 Å². The Labute approximate surface area is 612 Å². The average molecular weight is 1460 g/mol. The molecule has 0 aromatic rings. The van der Waals surface area contributed by atoms with E-state index in [2.05, 4.69) is 65.8 Å². The van der Waals surface area contributed by atoms with Crippen molar-refractivity contribution >= 4 is 39.5 Å². The molecule has 0 aliphatic rings. The predicted molar refractivity (Wildman–Crippen MR) is 409 cm³/mol. The van der Waals surface area contributed by atoms with Gasteiger partial charge in [0.15, 0.2) is 12.2 Å². The standard InChI is InChI=1S/C81H154O17P2/c1-7-9-11-13-15-17-19-20-25-29-34-40-46-52-58-64-79(84)92-70-77(97-80(85)65-59-53-47-41-35-30-27-24-22-21-23-26-28-32-37-43-49-55-61-73(3)4)72-96-100(89,90)94-68-75(82)67-93-99(87,88)95-71-76(69-91-78(83)63-57-51-45-39-18-16-14-12-10-8-2)98-81(86)66-60-54-48-42-36-31-33-38-44-50-56-62-74(5)6/h17,19-20,25,73-77,82H,7-16,18,21-24,26-72H2,1-6H3,(H,87,88)(H,89,90)/b19-17-,25-20-/t75-,76+,77+/m0/s1. The van der Waals surface area contributed by atoms with Gasteiger partial charge < -0.3 is 33.8 Å². The number of carbonyl (C=O) groups is 4. The number of carbonyl (C=O) groups excluding carboxylic acids is 4. The molecular formula is C81H154O17P2. The Hall–Kier alpha value is -2.46. The summed E-state index contributed by atoms with van der Waals surface area (Å²) in [6.07, 6.45) is 64.6. The quantitative estimate of drug-likeness (QED) is 0.0169. The van der Waals surface area contributed by atoms with Crippen molar-refractivity contribution in [3.8, 4) is 0 Å². The molecule has 0 spiro atoms. The van der Waals surface area contributed by atoms with E-state index in [0.29, 0.717) is 25.7 Å². The maximum Gasteiger partial charge on any atom is 0.472 e. The number of hydrogen-bond acceptors (Lipinski definition) is 15. The Morgan fingerprint density at radius 1 is 0.310 bits per heavy atom. The molecule has 3 N–H and O–H groups in total. The van der Waals surface area contributed by atoms with Gasteiger partial charge in [-0.05, 0) is 63.2 Å². The number of unbranched alkanes of at least 4 members (excludes halogenated alkanes) is 45. The largest absolute Gasteiger partial charge is 0.472 e. The number of hydrogen-bond donors (Lipinski definition) is 3. The molecule has 590 valence electrons. The molecule has 2 unspecified atom stereocenters. The maximum absolute atomic E-state index is 13.1. The second-order valence-corrected chi connectivity index (χ2v) is 32.3. The first kappa shape index (κ1) is 97.5. The fraction of sp³-hybridized carbons (Fsp3) is 0.901. The Morgan fingerprint density at radius 2 is 0.540 bits per heavy atom. The minimum atomic E-state index is -4.97. The zero-order valence-electron chi connectivity index (χ0n) is 65.0. The third-order valence-corrected chi connectivity index (χ3v) is 20.2. The van der Waals surface area contributed by atoms with Crippen LogP contribution in [0.4, 0.5) is 0 Å². The van der Waals surface area contributed by atoms with Crippen molar-refractivity contribution in [1.29, 1.82) is 0 Å². The van der Waals surface area contributed by atoms with Crippen LogP contribution in [0.1, 0.15) is 401 Å². The molecule has 0 heterocycles. The maximum atomic E-state index is 13.1. The van der Waals surface area contributed by atoms with Crippen LogP contribution in [-0.4, -0.2) is 96.7 Å². The van der Waals surface area contributed by atoms with Crippen LogP contribution < -0.4 is 0 Å². The van der Waals surface area contributed by atoms with Crippen LogP contribution in [0.3, 0.4) is 0 Å². The monoisotopic (exact) mass is 1460 g/mol. The summed E-state index contributed by atoms with van der Waals surface area (Å²) in [4.78, 5) is 73.0. The Balaban J connectivity index is 5.25. The fourth-order valence-corrected chi connectivity index (χ4v) is 13.6. The Bertz CT molecular complexity index is 2020. The first-order chi connectivity index (χ1) is 48.4. The number of aliphatic hydroxyl groups excluding tert-OH is 1. The molecule has 19 heteroatoms. The summed E-state index contributed by atoms with van der Waals surface area (Å²) >= 11 is 0. The fourth-order valence-electron chi connectivity index (χ4n) is 12.0. The van der Waals surface area contributed by atoms with Gasteiger partial charge >= 0.3 is 39.5 Å². The zero-order valence-corrected chi connectivity index (χ0v) is 66.8. The van der Waals surface area contributed by atoms with E-state index in [0.717, 1.165) is 121 Å². The third kappa shape index (κ3) is 73.8. The van der Waals surface area contributed by atoms with Gasteiger partial charge in [0.1, 0.15) is 19.3 Å². The number of phosphoric acid groups is 2. The van der Waals surface area contributed by atoms with Gasteiger partial charge in [-0.2, -0.15) is 0 Å². The summed E-state index contributed by atoms with van der Waals surface area (Å²) in [6, 6.07) is 0. The Kier molecular flexibility index (Phi) is 70.3. The molecule has 0 saturated carbocycles. The number of aliphatic hydroxyl groups is 1.